The molecular weight excluding hydrogens is 506 g/mol. The summed E-state index contributed by atoms with van der Waals surface area (Å²) in [6, 6.07) is 31.1. The number of ether oxygens (including phenoxy) is 1. The zero-order valence-corrected chi connectivity index (χ0v) is 23.1. The van der Waals surface area contributed by atoms with E-state index in [1.54, 1.807) is 36.5 Å². The summed E-state index contributed by atoms with van der Waals surface area (Å²) in [6.45, 7) is 2.69. The van der Waals surface area contributed by atoms with E-state index in [1.807, 2.05) is 42.5 Å². The SMILES string of the molecule is CCC(=C(c1ccc(O)cc1)c1ccc(OCCCCCS(=O)(=O)Cc2ccccn2)cc1)c1ccccc1. The van der Waals surface area contributed by atoms with Crippen molar-refractivity contribution >= 4 is 21.0 Å². The second-order valence-electron chi connectivity index (χ2n) is 9.47. The molecule has 1 aromatic heterocycles. The van der Waals surface area contributed by atoms with Crippen LogP contribution in [0.2, 0.25) is 0 Å². The van der Waals surface area contributed by atoms with Crippen LogP contribution in [0.1, 0.15) is 55.0 Å². The van der Waals surface area contributed by atoms with Gasteiger partial charge in [-0.05, 0) is 89.9 Å². The number of phenolic OH excluding ortho intramolecular Hbond substituents is 1. The average molecular weight is 542 g/mol. The van der Waals surface area contributed by atoms with Gasteiger partial charge in [-0.3, -0.25) is 4.98 Å². The van der Waals surface area contributed by atoms with Gasteiger partial charge in [-0.25, -0.2) is 8.42 Å². The van der Waals surface area contributed by atoms with Crippen LogP contribution in [0, 0.1) is 0 Å². The van der Waals surface area contributed by atoms with Crippen molar-refractivity contribution < 1.29 is 18.3 Å². The third-order valence-corrected chi connectivity index (χ3v) is 8.19. The van der Waals surface area contributed by atoms with Gasteiger partial charge in [0.25, 0.3) is 0 Å². The highest BCUT2D eigenvalue weighted by Crippen LogP contribution is 2.35. The molecule has 6 heteroatoms. The molecule has 202 valence electrons. The van der Waals surface area contributed by atoms with Crippen LogP contribution in [-0.2, 0) is 15.6 Å². The molecule has 0 saturated carbocycles. The number of hydrogen-bond acceptors (Lipinski definition) is 5. The molecule has 0 unspecified atom stereocenters. The van der Waals surface area contributed by atoms with Crippen LogP contribution in [-0.4, -0.2) is 30.9 Å². The first-order chi connectivity index (χ1) is 18.9. The van der Waals surface area contributed by atoms with E-state index in [4.69, 9.17) is 4.74 Å². The van der Waals surface area contributed by atoms with Gasteiger partial charge in [0.1, 0.15) is 11.5 Å². The molecule has 0 bridgehead atoms. The summed E-state index contributed by atoms with van der Waals surface area (Å²) >= 11 is 0. The number of sulfone groups is 1. The zero-order chi connectivity index (χ0) is 27.5. The molecule has 1 heterocycles. The fourth-order valence-corrected chi connectivity index (χ4v) is 6.01. The molecule has 0 saturated heterocycles. The minimum atomic E-state index is -3.16. The minimum absolute atomic E-state index is 0.0126. The molecule has 39 heavy (non-hydrogen) atoms. The zero-order valence-electron chi connectivity index (χ0n) is 22.3. The fraction of sp³-hybridized carbons (Fsp3) is 0.242. The van der Waals surface area contributed by atoms with Crippen LogP contribution in [0.5, 0.6) is 11.5 Å². The number of aromatic nitrogens is 1. The first-order valence-corrected chi connectivity index (χ1v) is 15.2. The van der Waals surface area contributed by atoms with Crippen LogP contribution in [0.25, 0.3) is 11.1 Å². The number of nitrogens with zero attached hydrogens (tertiary/aromatic N) is 1. The first-order valence-electron chi connectivity index (χ1n) is 13.4. The van der Waals surface area contributed by atoms with E-state index in [9.17, 15) is 13.5 Å². The molecule has 0 aliphatic rings. The van der Waals surface area contributed by atoms with Crippen molar-refractivity contribution in [1.29, 1.82) is 0 Å². The van der Waals surface area contributed by atoms with Crippen molar-refractivity contribution in [2.75, 3.05) is 12.4 Å². The largest absolute Gasteiger partial charge is 0.508 e. The van der Waals surface area contributed by atoms with Gasteiger partial charge in [-0.1, -0.05) is 67.6 Å². The summed E-state index contributed by atoms with van der Waals surface area (Å²) in [5.74, 6) is 1.17. The normalized spacial score (nSPS) is 12.1. The van der Waals surface area contributed by atoms with Crippen LogP contribution in [0.4, 0.5) is 0 Å². The lowest BCUT2D eigenvalue weighted by molar-refractivity contribution is 0.306. The van der Waals surface area contributed by atoms with Crippen molar-refractivity contribution in [3.8, 4) is 11.5 Å². The Morgan fingerprint density at radius 3 is 2.08 bits per heavy atom. The molecule has 0 fully saturated rings. The number of benzene rings is 3. The van der Waals surface area contributed by atoms with E-state index >= 15 is 0 Å². The fourth-order valence-electron chi connectivity index (χ4n) is 4.60. The molecule has 5 nitrogen and oxygen atoms in total. The third kappa shape index (κ3) is 8.29. The van der Waals surface area contributed by atoms with Gasteiger partial charge >= 0.3 is 0 Å². The van der Waals surface area contributed by atoms with Crippen molar-refractivity contribution in [3.05, 3.63) is 126 Å². The standard InChI is InChI=1S/C33H35NO4S/c1-2-32(26-11-5-3-6-12-26)33(27-14-18-30(35)19-15-27)28-16-20-31(21-17-28)38-23-9-4-10-24-39(36,37)25-29-13-7-8-22-34-29/h3,5-8,11-22,35H,2,4,9-10,23-25H2,1H3. The van der Waals surface area contributed by atoms with Crippen LogP contribution in [0.3, 0.4) is 0 Å². The Labute approximate surface area is 231 Å². The summed E-state index contributed by atoms with van der Waals surface area (Å²) in [4.78, 5) is 4.11. The average Bonchev–Trinajstić information content (AvgIpc) is 2.95. The summed E-state index contributed by atoms with van der Waals surface area (Å²) in [6.07, 6.45) is 4.65. The van der Waals surface area contributed by atoms with Gasteiger partial charge in [0.05, 0.1) is 23.8 Å². The van der Waals surface area contributed by atoms with Crippen molar-refractivity contribution in [1.82, 2.24) is 4.98 Å². The summed E-state index contributed by atoms with van der Waals surface area (Å²) < 4.78 is 30.6. The van der Waals surface area contributed by atoms with Crippen LogP contribution in [0.15, 0.2) is 103 Å². The van der Waals surface area contributed by atoms with Crippen LogP contribution < -0.4 is 4.74 Å². The number of hydrogen-bond donors (Lipinski definition) is 1. The Morgan fingerprint density at radius 1 is 0.769 bits per heavy atom. The first kappa shape index (κ1) is 28.1. The van der Waals surface area contributed by atoms with E-state index in [-0.39, 0.29) is 17.3 Å². The topological polar surface area (TPSA) is 76.5 Å². The maximum atomic E-state index is 12.3. The Balaban J connectivity index is 1.36. The van der Waals surface area contributed by atoms with E-state index in [1.165, 1.54) is 11.1 Å². The van der Waals surface area contributed by atoms with E-state index in [2.05, 4.69) is 36.2 Å². The van der Waals surface area contributed by atoms with Crippen molar-refractivity contribution in [2.24, 2.45) is 0 Å². The number of unbranched alkanes of at least 4 members (excludes halogenated alkanes) is 2. The molecule has 4 aromatic rings. The molecule has 0 radical (unpaired) electrons. The molecule has 0 amide bonds. The molecule has 0 aliphatic carbocycles. The summed E-state index contributed by atoms with van der Waals surface area (Å²) in [5, 5.41) is 9.83. The van der Waals surface area contributed by atoms with Gasteiger partial charge in [-0.2, -0.15) is 0 Å². The maximum absolute atomic E-state index is 12.3. The van der Waals surface area contributed by atoms with E-state index in [0.717, 1.165) is 41.7 Å². The highest BCUT2D eigenvalue weighted by Gasteiger charge is 2.14. The summed E-state index contributed by atoms with van der Waals surface area (Å²) in [5.41, 5.74) is 6.23. The Hall–Kier alpha value is -3.90. The number of phenols is 1. The van der Waals surface area contributed by atoms with Crippen LogP contribution >= 0.6 is 0 Å². The maximum Gasteiger partial charge on any atom is 0.156 e. The molecule has 0 spiro atoms. The summed E-state index contributed by atoms with van der Waals surface area (Å²) in [7, 11) is -3.16. The molecule has 1 N–H and O–H groups in total. The van der Waals surface area contributed by atoms with Gasteiger partial charge in [0.15, 0.2) is 9.84 Å². The minimum Gasteiger partial charge on any atom is -0.508 e. The van der Waals surface area contributed by atoms with Crippen molar-refractivity contribution in [2.45, 2.75) is 38.4 Å². The lowest BCUT2D eigenvalue weighted by Gasteiger charge is -2.17. The Bertz CT molecular complexity index is 1450. The second kappa shape index (κ2) is 13.8. The highest BCUT2D eigenvalue weighted by atomic mass is 32.2. The van der Waals surface area contributed by atoms with Gasteiger partial charge < -0.3 is 9.84 Å². The Kier molecular flexibility index (Phi) is 9.92. The number of pyridine rings is 1. The smallest absolute Gasteiger partial charge is 0.156 e. The highest BCUT2D eigenvalue weighted by molar-refractivity contribution is 7.90. The van der Waals surface area contributed by atoms with Gasteiger partial charge in [0, 0.05) is 6.20 Å². The van der Waals surface area contributed by atoms with E-state index < -0.39 is 9.84 Å². The molecule has 0 aliphatic heterocycles. The Morgan fingerprint density at radius 2 is 1.44 bits per heavy atom. The second-order valence-corrected chi connectivity index (χ2v) is 11.7. The van der Waals surface area contributed by atoms with Crippen molar-refractivity contribution in [3.63, 3.8) is 0 Å². The molecule has 4 rings (SSSR count). The molecule has 0 atom stereocenters. The van der Waals surface area contributed by atoms with Gasteiger partial charge in [0.2, 0.25) is 0 Å². The quantitative estimate of drug-likeness (QED) is 0.142. The molecule has 3 aromatic carbocycles. The monoisotopic (exact) mass is 541 g/mol. The number of rotatable bonds is 13. The lowest BCUT2D eigenvalue weighted by Crippen LogP contribution is -2.10. The predicted octanol–water partition coefficient (Wildman–Crippen LogP) is 7.32. The van der Waals surface area contributed by atoms with E-state index in [0.29, 0.717) is 18.7 Å². The third-order valence-electron chi connectivity index (χ3n) is 6.54. The van der Waals surface area contributed by atoms with Gasteiger partial charge in [-0.15, -0.1) is 0 Å². The number of aromatic hydroxyl groups is 1. The predicted molar refractivity (Wildman–Crippen MR) is 158 cm³/mol. The molecular formula is C33H35NO4S. The lowest BCUT2D eigenvalue weighted by atomic mass is 9.88. The number of allylic oxidation sites excluding steroid dienone is 1.